The van der Waals surface area contributed by atoms with Crippen molar-refractivity contribution in [2.75, 3.05) is 17.7 Å². The summed E-state index contributed by atoms with van der Waals surface area (Å²) >= 11 is 0. The van der Waals surface area contributed by atoms with Crippen LogP contribution in [-0.2, 0) is 11.2 Å². The Labute approximate surface area is 130 Å². The van der Waals surface area contributed by atoms with E-state index in [1.54, 1.807) is 12.1 Å². The molecule has 2 aromatic rings. The summed E-state index contributed by atoms with van der Waals surface area (Å²) in [7, 11) is 1.89. The molecule has 0 saturated carbocycles. The molecule has 0 saturated heterocycles. The smallest absolute Gasteiger partial charge is 0.231 e. The van der Waals surface area contributed by atoms with Gasteiger partial charge in [0.25, 0.3) is 0 Å². The summed E-state index contributed by atoms with van der Waals surface area (Å²) in [5.41, 5.74) is 3.83. The number of hydrogen-bond acceptors (Lipinski definition) is 2. The van der Waals surface area contributed by atoms with Crippen molar-refractivity contribution in [3.8, 4) is 0 Å². The molecule has 1 unspecified atom stereocenters. The lowest BCUT2D eigenvalue weighted by Gasteiger charge is -2.15. The number of carbonyl (C=O) groups is 1. The van der Waals surface area contributed by atoms with Crippen molar-refractivity contribution in [1.29, 1.82) is 0 Å². The molecular formula is C18H21FN2O. The average Bonchev–Trinajstić information content (AvgIpc) is 2.55. The summed E-state index contributed by atoms with van der Waals surface area (Å²) < 4.78 is 12.9. The van der Waals surface area contributed by atoms with Crippen LogP contribution in [0.1, 0.15) is 30.9 Å². The normalized spacial score (nSPS) is 11.8. The minimum Gasteiger partial charge on any atom is -0.388 e. The maximum absolute atomic E-state index is 12.9. The molecule has 0 spiro atoms. The molecule has 2 aromatic carbocycles. The van der Waals surface area contributed by atoms with Crippen LogP contribution in [0.5, 0.6) is 0 Å². The molecule has 116 valence electrons. The number of nitrogens with one attached hydrogen (secondary N) is 2. The van der Waals surface area contributed by atoms with Crippen LogP contribution in [0.3, 0.4) is 0 Å². The van der Waals surface area contributed by atoms with E-state index in [0.29, 0.717) is 5.69 Å². The van der Waals surface area contributed by atoms with E-state index in [1.807, 2.05) is 26.1 Å². The monoisotopic (exact) mass is 300 g/mol. The third kappa shape index (κ3) is 3.64. The third-order valence-corrected chi connectivity index (χ3v) is 3.78. The Morgan fingerprint density at radius 3 is 2.45 bits per heavy atom. The molecule has 4 heteroatoms. The van der Waals surface area contributed by atoms with Crippen LogP contribution in [0.25, 0.3) is 0 Å². The number of hydrogen-bond donors (Lipinski definition) is 2. The predicted octanol–water partition coefficient (Wildman–Crippen LogP) is 4.17. The van der Waals surface area contributed by atoms with Gasteiger partial charge in [0.15, 0.2) is 0 Å². The Hall–Kier alpha value is -2.36. The lowest BCUT2D eigenvalue weighted by atomic mass is 9.96. The van der Waals surface area contributed by atoms with Crippen molar-refractivity contribution in [2.45, 2.75) is 26.2 Å². The van der Waals surface area contributed by atoms with Crippen molar-refractivity contribution in [3.63, 3.8) is 0 Å². The number of halogens is 1. The molecule has 0 aromatic heterocycles. The van der Waals surface area contributed by atoms with Crippen LogP contribution in [0.4, 0.5) is 15.8 Å². The fourth-order valence-corrected chi connectivity index (χ4v) is 2.35. The zero-order chi connectivity index (χ0) is 16.1. The van der Waals surface area contributed by atoms with Gasteiger partial charge >= 0.3 is 0 Å². The van der Waals surface area contributed by atoms with Gasteiger partial charge in [0, 0.05) is 18.4 Å². The first-order valence-electron chi connectivity index (χ1n) is 7.42. The van der Waals surface area contributed by atoms with Gasteiger partial charge in [-0.15, -0.1) is 0 Å². The summed E-state index contributed by atoms with van der Waals surface area (Å²) in [4.78, 5) is 12.3. The highest BCUT2D eigenvalue weighted by Gasteiger charge is 2.16. The zero-order valence-electron chi connectivity index (χ0n) is 13.1. The van der Waals surface area contributed by atoms with Gasteiger partial charge in [0.2, 0.25) is 5.91 Å². The lowest BCUT2D eigenvalue weighted by Crippen LogP contribution is -2.19. The maximum Gasteiger partial charge on any atom is 0.231 e. The van der Waals surface area contributed by atoms with Gasteiger partial charge in [-0.2, -0.15) is 0 Å². The molecule has 0 aliphatic rings. The number of anilines is 2. The van der Waals surface area contributed by atoms with Crippen molar-refractivity contribution < 1.29 is 9.18 Å². The van der Waals surface area contributed by atoms with Crippen LogP contribution in [0, 0.1) is 5.82 Å². The predicted molar refractivity (Wildman–Crippen MR) is 88.8 cm³/mol. The molecule has 2 rings (SSSR count). The molecule has 22 heavy (non-hydrogen) atoms. The van der Waals surface area contributed by atoms with E-state index in [2.05, 4.69) is 23.6 Å². The summed E-state index contributed by atoms with van der Waals surface area (Å²) in [6, 6.07) is 11.8. The number of benzene rings is 2. The minimum atomic E-state index is -0.318. The molecule has 0 heterocycles. The Balaban J connectivity index is 2.14. The summed E-state index contributed by atoms with van der Waals surface area (Å²) in [6.45, 7) is 3.95. The Morgan fingerprint density at radius 2 is 1.86 bits per heavy atom. The minimum absolute atomic E-state index is 0.106. The van der Waals surface area contributed by atoms with Crippen LogP contribution < -0.4 is 10.6 Å². The standard InChI is InChI=1S/C18H21FN2O/c1-4-13-11-14(5-10-17(13)20-3)12(2)18(22)21-16-8-6-15(19)7-9-16/h5-12,20H,4H2,1-3H3,(H,21,22). The topological polar surface area (TPSA) is 41.1 Å². The largest absolute Gasteiger partial charge is 0.388 e. The second kappa shape index (κ2) is 7.07. The third-order valence-electron chi connectivity index (χ3n) is 3.78. The number of carbonyl (C=O) groups excluding carboxylic acids is 1. The first kappa shape index (κ1) is 16.0. The van der Waals surface area contributed by atoms with Crippen LogP contribution >= 0.6 is 0 Å². The molecule has 3 nitrogen and oxygen atoms in total. The van der Waals surface area contributed by atoms with Crippen LogP contribution in [0.2, 0.25) is 0 Å². The SMILES string of the molecule is CCc1cc(C(C)C(=O)Nc2ccc(F)cc2)ccc1NC. The zero-order valence-corrected chi connectivity index (χ0v) is 13.1. The number of rotatable bonds is 5. The lowest BCUT2D eigenvalue weighted by molar-refractivity contribution is -0.117. The molecule has 0 aliphatic heterocycles. The first-order chi connectivity index (χ1) is 10.5. The first-order valence-corrected chi connectivity index (χ1v) is 7.42. The van der Waals surface area contributed by atoms with Gasteiger partial charge < -0.3 is 10.6 Å². The highest BCUT2D eigenvalue weighted by atomic mass is 19.1. The van der Waals surface area contributed by atoms with Gasteiger partial charge in [0.05, 0.1) is 5.92 Å². The van der Waals surface area contributed by atoms with E-state index in [0.717, 1.165) is 17.7 Å². The van der Waals surface area contributed by atoms with E-state index < -0.39 is 0 Å². The summed E-state index contributed by atoms with van der Waals surface area (Å²) in [5.74, 6) is -0.701. The molecule has 0 fully saturated rings. The molecule has 0 bridgehead atoms. The van der Waals surface area contributed by atoms with Gasteiger partial charge in [-0.05, 0) is 54.8 Å². The Bertz CT molecular complexity index is 653. The highest BCUT2D eigenvalue weighted by Crippen LogP contribution is 2.24. The highest BCUT2D eigenvalue weighted by molar-refractivity contribution is 5.95. The number of amides is 1. The van der Waals surface area contributed by atoms with E-state index in [1.165, 1.54) is 17.7 Å². The Morgan fingerprint density at radius 1 is 1.18 bits per heavy atom. The molecule has 2 N–H and O–H groups in total. The fourth-order valence-electron chi connectivity index (χ4n) is 2.35. The van der Waals surface area contributed by atoms with Crippen molar-refractivity contribution in [1.82, 2.24) is 0 Å². The van der Waals surface area contributed by atoms with Gasteiger partial charge in [-0.3, -0.25) is 4.79 Å². The van der Waals surface area contributed by atoms with Crippen LogP contribution in [-0.4, -0.2) is 13.0 Å². The second-order valence-electron chi connectivity index (χ2n) is 5.24. The van der Waals surface area contributed by atoms with E-state index >= 15 is 0 Å². The Kier molecular flexibility index (Phi) is 5.15. The summed E-state index contributed by atoms with van der Waals surface area (Å²) in [6.07, 6.45) is 0.899. The average molecular weight is 300 g/mol. The molecular weight excluding hydrogens is 279 g/mol. The van der Waals surface area contributed by atoms with E-state index in [9.17, 15) is 9.18 Å². The van der Waals surface area contributed by atoms with Crippen LogP contribution in [0.15, 0.2) is 42.5 Å². The van der Waals surface area contributed by atoms with Crippen molar-refractivity contribution in [3.05, 3.63) is 59.4 Å². The van der Waals surface area contributed by atoms with Crippen molar-refractivity contribution in [2.24, 2.45) is 0 Å². The van der Waals surface area contributed by atoms with Gasteiger partial charge in [-0.1, -0.05) is 19.1 Å². The molecule has 0 aliphatic carbocycles. The molecule has 1 atom stereocenters. The molecule has 1 amide bonds. The van der Waals surface area contributed by atoms with E-state index in [4.69, 9.17) is 0 Å². The number of aryl methyl sites for hydroxylation is 1. The van der Waals surface area contributed by atoms with Gasteiger partial charge in [-0.25, -0.2) is 4.39 Å². The quantitative estimate of drug-likeness (QED) is 0.870. The molecule has 0 radical (unpaired) electrons. The maximum atomic E-state index is 12.9. The van der Waals surface area contributed by atoms with Gasteiger partial charge in [0.1, 0.15) is 5.82 Å². The summed E-state index contributed by atoms with van der Waals surface area (Å²) in [5, 5.41) is 5.96. The van der Waals surface area contributed by atoms with Crippen molar-refractivity contribution >= 4 is 17.3 Å². The fraction of sp³-hybridized carbons (Fsp3) is 0.278. The van der Waals surface area contributed by atoms with E-state index in [-0.39, 0.29) is 17.6 Å². The second-order valence-corrected chi connectivity index (χ2v) is 5.24.